The van der Waals surface area contributed by atoms with Crippen LogP contribution in [0.4, 0.5) is 5.95 Å². The minimum atomic E-state index is -1.34. The first kappa shape index (κ1) is 12.4. The van der Waals surface area contributed by atoms with Crippen LogP contribution in [-0.4, -0.2) is 55.4 Å². The SMILES string of the molecule is O=[N+]([O-])c1nccn1O[C@H](CO)[C@@H](O)CO. The minimum absolute atomic E-state index is 0.580. The fraction of sp³-hybridized carbons (Fsp3) is 0.571. The standard InChI is InChI=1S/C7H11N3O6/c11-3-5(13)6(4-12)16-9-2-1-8-7(9)10(14)15/h1-2,5-6,11-13H,3-4H2/t5-,6+/m0/s1. The zero-order valence-electron chi connectivity index (χ0n) is 8.13. The normalized spacial score (nSPS) is 14.4. The summed E-state index contributed by atoms with van der Waals surface area (Å²) in [6, 6.07) is 0. The van der Waals surface area contributed by atoms with Gasteiger partial charge in [-0.1, -0.05) is 9.71 Å². The molecule has 1 aromatic rings. The van der Waals surface area contributed by atoms with E-state index in [2.05, 4.69) is 4.98 Å². The lowest BCUT2D eigenvalue weighted by atomic mass is 10.2. The first-order valence-corrected chi connectivity index (χ1v) is 4.34. The van der Waals surface area contributed by atoms with Gasteiger partial charge < -0.3 is 30.3 Å². The number of nitro groups is 1. The van der Waals surface area contributed by atoms with Crippen molar-refractivity contribution in [1.29, 1.82) is 0 Å². The van der Waals surface area contributed by atoms with Crippen LogP contribution in [0.5, 0.6) is 0 Å². The van der Waals surface area contributed by atoms with Gasteiger partial charge in [-0.2, -0.15) is 0 Å². The summed E-state index contributed by atoms with van der Waals surface area (Å²) >= 11 is 0. The summed E-state index contributed by atoms with van der Waals surface area (Å²) < 4.78 is 0.708. The fourth-order valence-electron chi connectivity index (χ4n) is 0.983. The Balaban J connectivity index is 2.77. The van der Waals surface area contributed by atoms with Crippen molar-refractivity contribution >= 4 is 5.95 Å². The number of nitrogens with zero attached hydrogens (tertiary/aromatic N) is 3. The van der Waals surface area contributed by atoms with Crippen molar-refractivity contribution in [3.05, 3.63) is 22.5 Å². The van der Waals surface area contributed by atoms with E-state index >= 15 is 0 Å². The maximum Gasteiger partial charge on any atom is 0.471 e. The van der Waals surface area contributed by atoms with Crippen molar-refractivity contribution in [3.63, 3.8) is 0 Å². The lowest BCUT2D eigenvalue weighted by Gasteiger charge is -2.17. The van der Waals surface area contributed by atoms with E-state index in [1.165, 1.54) is 0 Å². The molecule has 3 N–H and O–H groups in total. The largest absolute Gasteiger partial charge is 0.471 e. The van der Waals surface area contributed by atoms with E-state index < -0.39 is 36.3 Å². The molecule has 9 heteroatoms. The number of aliphatic hydroxyl groups excluding tert-OH is 3. The molecule has 0 amide bonds. The van der Waals surface area contributed by atoms with Crippen LogP contribution in [0.1, 0.15) is 0 Å². The molecule has 0 aliphatic rings. The van der Waals surface area contributed by atoms with E-state index in [1.807, 2.05) is 0 Å². The molecule has 9 nitrogen and oxygen atoms in total. The predicted molar refractivity (Wildman–Crippen MR) is 49.4 cm³/mol. The van der Waals surface area contributed by atoms with E-state index in [-0.39, 0.29) is 0 Å². The molecular formula is C7H11N3O6. The summed E-state index contributed by atoms with van der Waals surface area (Å²) in [7, 11) is 0. The Labute approximate surface area is 89.6 Å². The summed E-state index contributed by atoms with van der Waals surface area (Å²) in [6.45, 7) is -1.23. The van der Waals surface area contributed by atoms with E-state index in [1.54, 1.807) is 0 Å². The van der Waals surface area contributed by atoms with Crippen LogP contribution in [0.3, 0.4) is 0 Å². The predicted octanol–water partition coefficient (Wildman–Crippen LogP) is -2.07. The van der Waals surface area contributed by atoms with E-state index in [4.69, 9.17) is 15.1 Å². The highest BCUT2D eigenvalue weighted by Crippen LogP contribution is 2.07. The molecule has 0 saturated carbocycles. The molecule has 0 bridgehead atoms. The summed E-state index contributed by atoms with van der Waals surface area (Å²) in [5.41, 5.74) is 0. The van der Waals surface area contributed by atoms with E-state index in [9.17, 15) is 15.2 Å². The second-order valence-corrected chi connectivity index (χ2v) is 2.89. The van der Waals surface area contributed by atoms with Gasteiger partial charge in [0.25, 0.3) is 0 Å². The van der Waals surface area contributed by atoms with Gasteiger partial charge in [-0.3, -0.25) is 0 Å². The van der Waals surface area contributed by atoms with E-state index in [0.717, 1.165) is 12.4 Å². The fourth-order valence-corrected chi connectivity index (χ4v) is 0.983. The Morgan fingerprint density at radius 3 is 2.75 bits per heavy atom. The third-order valence-electron chi connectivity index (χ3n) is 1.80. The number of hydrogen-bond acceptors (Lipinski definition) is 7. The molecule has 0 aromatic carbocycles. The van der Waals surface area contributed by atoms with Crippen LogP contribution in [0.15, 0.2) is 12.4 Å². The van der Waals surface area contributed by atoms with Crippen molar-refractivity contribution in [1.82, 2.24) is 9.71 Å². The van der Waals surface area contributed by atoms with Gasteiger partial charge in [0.2, 0.25) is 0 Å². The maximum atomic E-state index is 10.5. The molecule has 1 heterocycles. The van der Waals surface area contributed by atoms with Gasteiger partial charge >= 0.3 is 5.95 Å². The van der Waals surface area contributed by atoms with Crippen molar-refractivity contribution < 1.29 is 25.1 Å². The van der Waals surface area contributed by atoms with Crippen molar-refractivity contribution in [3.8, 4) is 0 Å². The quantitative estimate of drug-likeness (QED) is 0.380. The highest BCUT2D eigenvalue weighted by molar-refractivity contribution is 5.04. The van der Waals surface area contributed by atoms with Crippen LogP contribution in [0.2, 0.25) is 0 Å². The summed E-state index contributed by atoms with van der Waals surface area (Å²) in [6.07, 6.45) is -0.215. The monoisotopic (exact) mass is 233 g/mol. The molecule has 0 aliphatic heterocycles. The van der Waals surface area contributed by atoms with Gasteiger partial charge in [-0.15, -0.1) is 0 Å². The molecule has 2 atom stereocenters. The molecule has 90 valence electrons. The Morgan fingerprint density at radius 1 is 1.56 bits per heavy atom. The number of imidazole rings is 1. The summed E-state index contributed by atoms with van der Waals surface area (Å²) in [5.74, 6) is -0.580. The number of rotatable bonds is 6. The number of hydrogen-bond donors (Lipinski definition) is 3. The molecule has 0 fully saturated rings. The van der Waals surface area contributed by atoms with Gasteiger partial charge in [-0.05, 0) is 4.92 Å². The highest BCUT2D eigenvalue weighted by atomic mass is 16.7. The first-order valence-electron chi connectivity index (χ1n) is 4.34. The van der Waals surface area contributed by atoms with E-state index in [0.29, 0.717) is 4.73 Å². The van der Waals surface area contributed by atoms with Gasteiger partial charge in [0.15, 0.2) is 6.10 Å². The Bertz CT molecular complexity index is 354. The number of aromatic nitrogens is 2. The van der Waals surface area contributed by atoms with Crippen molar-refractivity contribution in [2.24, 2.45) is 0 Å². The molecule has 0 radical (unpaired) electrons. The van der Waals surface area contributed by atoms with Gasteiger partial charge in [0.05, 0.1) is 13.2 Å². The van der Waals surface area contributed by atoms with Crippen LogP contribution in [0, 0.1) is 10.1 Å². The van der Waals surface area contributed by atoms with Crippen LogP contribution in [0.25, 0.3) is 0 Å². The summed E-state index contributed by atoms with van der Waals surface area (Å²) in [4.78, 5) is 18.0. The molecular weight excluding hydrogens is 222 g/mol. The number of aliphatic hydroxyl groups is 3. The zero-order chi connectivity index (χ0) is 12.1. The molecule has 0 unspecified atom stereocenters. The second kappa shape index (κ2) is 5.39. The average Bonchev–Trinajstić information content (AvgIpc) is 2.72. The lowest BCUT2D eigenvalue weighted by molar-refractivity contribution is -0.402. The molecule has 0 aliphatic carbocycles. The Morgan fingerprint density at radius 2 is 2.25 bits per heavy atom. The molecule has 0 saturated heterocycles. The molecule has 1 aromatic heterocycles. The average molecular weight is 233 g/mol. The lowest BCUT2D eigenvalue weighted by Crippen LogP contribution is -2.41. The second-order valence-electron chi connectivity index (χ2n) is 2.89. The first-order chi connectivity index (χ1) is 7.60. The molecule has 1 rings (SSSR count). The Hall–Kier alpha value is -1.71. The van der Waals surface area contributed by atoms with Gasteiger partial charge in [0, 0.05) is 0 Å². The Kier molecular flexibility index (Phi) is 4.17. The zero-order valence-corrected chi connectivity index (χ0v) is 8.13. The maximum absolute atomic E-state index is 10.5. The molecule has 0 spiro atoms. The van der Waals surface area contributed by atoms with Crippen molar-refractivity contribution in [2.45, 2.75) is 12.2 Å². The summed E-state index contributed by atoms with van der Waals surface area (Å²) in [5, 5.41) is 37.2. The van der Waals surface area contributed by atoms with Crippen LogP contribution < -0.4 is 4.84 Å². The van der Waals surface area contributed by atoms with Crippen LogP contribution in [-0.2, 0) is 0 Å². The molecule has 16 heavy (non-hydrogen) atoms. The smallest absolute Gasteiger partial charge is 0.394 e. The minimum Gasteiger partial charge on any atom is -0.394 e. The van der Waals surface area contributed by atoms with Crippen molar-refractivity contribution in [2.75, 3.05) is 13.2 Å². The highest BCUT2D eigenvalue weighted by Gasteiger charge is 2.25. The van der Waals surface area contributed by atoms with Gasteiger partial charge in [0.1, 0.15) is 18.5 Å². The third-order valence-corrected chi connectivity index (χ3v) is 1.80. The third kappa shape index (κ3) is 2.66. The van der Waals surface area contributed by atoms with Gasteiger partial charge in [-0.25, -0.2) is 0 Å². The topological polar surface area (TPSA) is 131 Å². The van der Waals surface area contributed by atoms with Crippen LogP contribution >= 0.6 is 0 Å².